The summed E-state index contributed by atoms with van der Waals surface area (Å²) in [5, 5.41) is 13.2. The van der Waals surface area contributed by atoms with Crippen LogP contribution in [0.1, 0.15) is 45.4 Å². The second kappa shape index (κ2) is 9.46. The molecule has 0 spiro atoms. The molecule has 3 aromatic heterocycles. The van der Waals surface area contributed by atoms with E-state index < -0.39 is 0 Å². The van der Waals surface area contributed by atoms with Gasteiger partial charge in [0.1, 0.15) is 0 Å². The van der Waals surface area contributed by atoms with Crippen molar-refractivity contribution in [2.45, 2.75) is 58.5 Å². The summed E-state index contributed by atoms with van der Waals surface area (Å²) in [4.78, 5) is 23.8. The zero-order valence-corrected chi connectivity index (χ0v) is 19.3. The van der Waals surface area contributed by atoms with E-state index in [9.17, 15) is 4.79 Å². The van der Waals surface area contributed by atoms with Crippen molar-refractivity contribution in [3.05, 3.63) is 18.2 Å². The summed E-state index contributed by atoms with van der Waals surface area (Å²) >= 11 is 0. The number of amides is 1. The molecule has 0 aromatic carbocycles. The van der Waals surface area contributed by atoms with Crippen molar-refractivity contribution < 1.29 is 14.1 Å². The van der Waals surface area contributed by atoms with E-state index in [4.69, 9.17) is 9.26 Å². The van der Waals surface area contributed by atoms with E-state index in [2.05, 4.69) is 32.5 Å². The van der Waals surface area contributed by atoms with Crippen molar-refractivity contribution >= 4 is 22.6 Å². The summed E-state index contributed by atoms with van der Waals surface area (Å²) < 4.78 is 13.0. The zero-order valence-electron chi connectivity index (χ0n) is 19.3. The summed E-state index contributed by atoms with van der Waals surface area (Å²) in [6.45, 7) is 8.06. The second-order valence-electron chi connectivity index (χ2n) is 9.03. The van der Waals surface area contributed by atoms with Crippen molar-refractivity contribution in [3.8, 4) is 11.5 Å². The minimum Gasteiger partial charge on any atom is -0.381 e. The highest BCUT2D eigenvalue weighted by Crippen LogP contribution is 2.34. The summed E-state index contributed by atoms with van der Waals surface area (Å²) in [6, 6.07) is 0.276. The fraction of sp³-hybridized carbons (Fsp3) is 0.609. The Kier molecular flexibility index (Phi) is 6.26. The molecule has 0 saturated carbocycles. The van der Waals surface area contributed by atoms with Crippen LogP contribution in [-0.4, -0.2) is 68.1 Å². The summed E-state index contributed by atoms with van der Waals surface area (Å²) in [6.07, 6.45) is 7.65. The molecule has 0 radical (unpaired) electrons. The van der Waals surface area contributed by atoms with E-state index in [0.717, 1.165) is 80.8 Å². The first-order chi connectivity index (χ1) is 16.1. The number of pyridine rings is 1. The largest absolute Gasteiger partial charge is 0.381 e. The van der Waals surface area contributed by atoms with Gasteiger partial charge in [0.2, 0.25) is 5.91 Å². The first-order valence-corrected chi connectivity index (χ1v) is 11.9. The molecule has 0 aliphatic carbocycles. The van der Waals surface area contributed by atoms with Crippen LogP contribution in [0.25, 0.3) is 22.5 Å². The zero-order chi connectivity index (χ0) is 22.8. The lowest BCUT2D eigenvalue weighted by molar-refractivity contribution is -0.131. The number of carbonyl (C=O) groups is 1. The third kappa shape index (κ3) is 4.57. The molecule has 2 aliphatic heterocycles. The predicted molar refractivity (Wildman–Crippen MR) is 123 cm³/mol. The van der Waals surface area contributed by atoms with Gasteiger partial charge in [-0.3, -0.25) is 4.79 Å². The summed E-state index contributed by atoms with van der Waals surface area (Å²) in [7, 11) is 0. The molecule has 10 nitrogen and oxygen atoms in total. The molecule has 0 bridgehead atoms. The number of nitrogens with zero attached hydrogens (tertiary/aromatic N) is 6. The number of anilines is 1. The number of hydrogen-bond donors (Lipinski definition) is 1. The summed E-state index contributed by atoms with van der Waals surface area (Å²) in [5.74, 6) is 1.48. The molecule has 33 heavy (non-hydrogen) atoms. The fourth-order valence-corrected chi connectivity index (χ4v) is 4.56. The minimum atomic E-state index is 0.0487. The number of rotatable bonds is 6. The molecule has 10 heteroatoms. The predicted octanol–water partition coefficient (Wildman–Crippen LogP) is 2.89. The van der Waals surface area contributed by atoms with E-state index in [1.807, 2.05) is 22.7 Å². The first-order valence-electron chi connectivity index (χ1n) is 11.9. The van der Waals surface area contributed by atoms with Gasteiger partial charge in [-0.2, -0.15) is 10.1 Å². The average molecular weight is 454 g/mol. The maximum atomic E-state index is 12.7. The summed E-state index contributed by atoms with van der Waals surface area (Å²) in [5.41, 5.74) is 2.42. The van der Waals surface area contributed by atoms with Crippen LogP contribution in [0.2, 0.25) is 0 Å². The van der Waals surface area contributed by atoms with Crippen LogP contribution in [0.3, 0.4) is 0 Å². The van der Waals surface area contributed by atoms with Crippen LogP contribution >= 0.6 is 0 Å². The highest BCUT2D eigenvalue weighted by atomic mass is 16.5. The molecule has 1 amide bonds. The van der Waals surface area contributed by atoms with E-state index in [0.29, 0.717) is 17.6 Å². The van der Waals surface area contributed by atoms with Gasteiger partial charge in [-0.05, 0) is 38.5 Å². The topological polar surface area (TPSA) is 111 Å². The normalized spacial score (nSPS) is 18.2. The first kappa shape index (κ1) is 21.8. The van der Waals surface area contributed by atoms with Crippen molar-refractivity contribution in [1.29, 1.82) is 0 Å². The maximum Gasteiger partial charge on any atom is 0.261 e. The Morgan fingerprint density at radius 2 is 1.97 bits per heavy atom. The quantitative estimate of drug-likeness (QED) is 0.606. The highest BCUT2D eigenvalue weighted by molar-refractivity contribution is 5.96. The molecule has 5 rings (SSSR count). The van der Waals surface area contributed by atoms with E-state index in [1.54, 1.807) is 6.20 Å². The number of hydrogen-bond acceptors (Lipinski definition) is 8. The van der Waals surface area contributed by atoms with Gasteiger partial charge >= 0.3 is 0 Å². The number of fused-ring (bicyclic) bond motifs is 1. The van der Waals surface area contributed by atoms with Gasteiger partial charge in [0, 0.05) is 45.1 Å². The van der Waals surface area contributed by atoms with E-state index in [1.165, 1.54) is 0 Å². The number of aromatic nitrogens is 5. The molecule has 0 atom stereocenters. The van der Waals surface area contributed by atoms with Crippen LogP contribution in [0, 0.1) is 5.92 Å². The SMILES string of the molecule is CCn1ncc2c(NC3CCOCC3)c(-c3nc(CC(=O)N4CCC(C)CC4)no3)cnc21. The van der Waals surface area contributed by atoms with E-state index in [-0.39, 0.29) is 18.4 Å². The molecule has 3 aromatic rings. The lowest BCUT2D eigenvalue weighted by Crippen LogP contribution is -2.38. The van der Waals surface area contributed by atoms with Crippen LogP contribution in [-0.2, 0) is 22.5 Å². The fourth-order valence-electron chi connectivity index (χ4n) is 4.56. The van der Waals surface area contributed by atoms with Crippen molar-refractivity contribution in [2.75, 3.05) is 31.6 Å². The number of carbonyl (C=O) groups excluding carboxylic acids is 1. The minimum absolute atomic E-state index is 0.0487. The lowest BCUT2D eigenvalue weighted by Gasteiger charge is -2.30. The Balaban J connectivity index is 1.41. The molecule has 5 heterocycles. The van der Waals surface area contributed by atoms with Gasteiger partial charge in [0.25, 0.3) is 5.89 Å². The Hall–Kier alpha value is -3.01. The second-order valence-corrected chi connectivity index (χ2v) is 9.03. The maximum absolute atomic E-state index is 12.7. The smallest absolute Gasteiger partial charge is 0.261 e. The third-order valence-electron chi connectivity index (χ3n) is 6.68. The monoisotopic (exact) mass is 453 g/mol. The number of ether oxygens (including phenoxy) is 1. The lowest BCUT2D eigenvalue weighted by atomic mass is 9.99. The average Bonchev–Trinajstić information content (AvgIpc) is 3.47. The highest BCUT2D eigenvalue weighted by Gasteiger charge is 2.25. The van der Waals surface area contributed by atoms with Gasteiger partial charge in [0.05, 0.1) is 29.3 Å². The Morgan fingerprint density at radius 3 is 2.73 bits per heavy atom. The van der Waals surface area contributed by atoms with Crippen molar-refractivity contribution in [3.63, 3.8) is 0 Å². The molecule has 0 unspecified atom stereocenters. The molecule has 2 saturated heterocycles. The van der Waals surface area contributed by atoms with Crippen LogP contribution in [0.4, 0.5) is 5.69 Å². The Labute approximate surface area is 192 Å². The third-order valence-corrected chi connectivity index (χ3v) is 6.68. The molecule has 1 N–H and O–H groups in total. The van der Waals surface area contributed by atoms with Crippen LogP contribution in [0.15, 0.2) is 16.9 Å². The van der Waals surface area contributed by atoms with Crippen LogP contribution in [0.5, 0.6) is 0 Å². The van der Waals surface area contributed by atoms with Gasteiger partial charge in [-0.1, -0.05) is 12.1 Å². The Morgan fingerprint density at radius 1 is 1.18 bits per heavy atom. The van der Waals surface area contributed by atoms with Crippen molar-refractivity contribution in [2.24, 2.45) is 5.92 Å². The van der Waals surface area contributed by atoms with Gasteiger partial charge in [-0.15, -0.1) is 0 Å². The number of aryl methyl sites for hydroxylation is 1. The van der Waals surface area contributed by atoms with Gasteiger partial charge in [-0.25, -0.2) is 9.67 Å². The molecular formula is C23H31N7O3. The van der Waals surface area contributed by atoms with Crippen molar-refractivity contribution in [1.82, 2.24) is 29.8 Å². The molecular weight excluding hydrogens is 422 g/mol. The number of likely N-dealkylation sites (tertiary alicyclic amines) is 1. The molecule has 2 fully saturated rings. The van der Waals surface area contributed by atoms with Gasteiger partial charge < -0.3 is 19.5 Å². The number of nitrogens with one attached hydrogen (secondary N) is 1. The molecule has 2 aliphatic rings. The van der Waals surface area contributed by atoms with Gasteiger partial charge in [0.15, 0.2) is 11.5 Å². The Bertz CT molecular complexity index is 1110. The van der Waals surface area contributed by atoms with E-state index >= 15 is 0 Å². The standard InChI is InChI=1S/C23H31N7O3/c1-3-30-22-17(14-25-30)21(26-16-6-10-32-11-7-16)18(13-24-22)23-27-19(28-33-23)12-20(31)29-8-4-15(2)5-9-29/h13-16H,3-12H2,1-2H3,(H,24,26). The number of piperidine rings is 1. The molecule has 176 valence electrons. The van der Waals surface area contributed by atoms with Crippen LogP contribution < -0.4 is 5.32 Å².